The lowest BCUT2D eigenvalue weighted by molar-refractivity contribution is -0.116. The maximum Gasteiger partial charge on any atom is 0.247 e. The van der Waals surface area contributed by atoms with Crippen LogP contribution >= 0.6 is 0 Å². The minimum atomic E-state index is -0.361. The van der Waals surface area contributed by atoms with Gasteiger partial charge < -0.3 is 15.2 Å². The number of hydrogen-bond donors (Lipinski definition) is 2. The molecule has 0 aliphatic rings. The first-order valence-corrected chi connectivity index (χ1v) is 6.12. The average molecular weight is 259 g/mol. The largest absolute Gasteiger partial charge is 0.374 e. The Bertz CT molecular complexity index is 560. The fourth-order valence-corrected chi connectivity index (χ4v) is 1.63. The summed E-state index contributed by atoms with van der Waals surface area (Å²) in [5, 5.41) is 9.54. The predicted octanol–water partition coefficient (Wildman–Crippen LogP) is 2.73. The summed E-state index contributed by atoms with van der Waals surface area (Å²) in [6.45, 7) is 5.59. The number of nitrogens with zero attached hydrogens (tertiary/aromatic N) is 1. The van der Waals surface area contributed by atoms with Gasteiger partial charge in [0, 0.05) is 11.8 Å². The fourth-order valence-electron chi connectivity index (χ4n) is 1.63. The van der Waals surface area contributed by atoms with Crippen molar-refractivity contribution in [1.82, 2.24) is 5.16 Å². The molecule has 1 aromatic carbocycles. The first-order valence-electron chi connectivity index (χ1n) is 6.12. The van der Waals surface area contributed by atoms with Crippen molar-refractivity contribution in [3.63, 3.8) is 0 Å². The van der Waals surface area contributed by atoms with E-state index in [0.717, 1.165) is 5.69 Å². The molecule has 0 unspecified atom stereocenters. The van der Waals surface area contributed by atoms with Gasteiger partial charge in [-0.15, -0.1) is 0 Å². The molecule has 1 atom stereocenters. The van der Waals surface area contributed by atoms with Crippen LogP contribution in [0.3, 0.4) is 0 Å². The van der Waals surface area contributed by atoms with Crippen LogP contribution in [-0.2, 0) is 4.79 Å². The molecule has 0 saturated carbocycles. The van der Waals surface area contributed by atoms with E-state index in [4.69, 9.17) is 4.52 Å². The van der Waals surface area contributed by atoms with Crippen LogP contribution in [0, 0.1) is 13.8 Å². The number of anilines is 2. The smallest absolute Gasteiger partial charge is 0.247 e. The van der Waals surface area contributed by atoms with E-state index >= 15 is 0 Å². The normalized spacial score (nSPS) is 11.9. The number of rotatable bonds is 4. The summed E-state index contributed by atoms with van der Waals surface area (Å²) in [6.07, 6.45) is 0. The lowest BCUT2D eigenvalue weighted by Gasteiger charge is -2.14. The Labute approximate surface area is 112 Å². The maximum absolute atomic E-state index is 11.9. The van der Waals surface area contributed by atoms with Gasteiger partial charge in [0.1, 0.15) is 11.8 Å². The van der Waals surface area contributed by atoms with Crippen LogP contribution in [0.5, 0.6) is 0 Å². The molecule has 0 aliphatic heterocycles. The Morgan fingerprint density at radius 3 is 2.53 bits per heavy atom. The van der Waals surface area contributed by atoms with Crippen LogP contribution in [0.2, 0.25) is 0 Å². The van der Waals surface area contributed by atoms with Crippen LogP contribution in [0.1, 0.15) is 18.2 Å². The molecule has 0 bridgehead atoms. The molecule has 0 saturated heterocycles. The summed E-state index contributed by atoms with van der Waals surface area (Å²) >= 11 is 0. The quantitative estimate of drug-likeness (QED) is 0.886. The second kappa shape index (κ2) is 5.56. The average Bonchev–Trinajstić information content (AvgIpc) is 2.77. The fraction of sp³-hybridized carbons (Fsp3) is 0.286. The summed E-state index contributed by atoms with van der Waals surface area (Å²) in [5.41, 5.74) is 2.09. The summed E-state index contributed by atoms with van der Waals surface area (Å²) in [5.74, 6) is 0.934. The Morgan fingerprint density at radius 1 is 1.26 bits per heavy atom. The highest BCUT2D eigenvalue weighted by Crippen LogP contribution is 2.12. The van der Waals surface area contributed by atoms with Gasteiger partial charge in [0.25, 0.3) is 0 Å². The van der Waals surface area contributed by atoms with Crippen molar-refractivity contribution in [1.29, 1.82) is 0 Å². The third-order valence-electron chi connectivity index (χ3n) is 2.71. The van der Waals surface area contributed by atoms with E-state index in [2.05, 4.69) is 15.8 Å². The van der Waals surface area contributed by atoms with Gasteiger partial charge in [-0.2, -0.15) is 0 Å². The highest BCUT2D eigenvalue weighted by Gasteiger charge is 2.14. The van der Waals surface area contributed by atoms with Crippen LogP contribution < -0.4 is 10.6 Å². The van der Waals surface area contributed by atoms with Crippen LogP contribution in [0.25, 0.3) is 0 Å². The van der Waals surface area contributed by atoms with Crippen molar-refractivity contribution in [2.45, 2.75) is 26.8 Å². The zero-order chi connectivity index (χ0) is 13.8. The molecule has 1 amide bonds. The molecule has 0 aliphatic carbocycles. The number of amides is 1. The van der Waals surface area contributed by atoms with Crippen molar-refractivity contribution >= 4 is 17.4 Å². The third-order valence-corrected chi connectivity index (χ3v) is 2.71. The summed E-state index contributed by atoms with van der Waals surface area (Å²) < 4.78 is 4.89. The SMILES string of the molecule is Cc1ccc(N[C@H](C)C(=O)Nc2cc(C)on2)cc1. The number of carbonyl (C=O) groups excluding carboxylic acids is 1. The number of nitrogens with one attached hydrogen (secondary N) is 2. The van der Waals surface area contributed by atoms with Gasteiger partial charge in [0.15, 0.2) is 5.82 Å². The van der Waals surface area contributed by atoms with Gasteiger partial charge in [-0.3, -0.25) is 4.79 Å². The molecular weight excluding hydrogens is 242 g/mol. The van der Waals surface area contributed by atoms with Gasteiger partial charge in [-0.05, 0) is 32.9 Å². The van der Waals surface area contributed by atoms with Crippen LogP contribution in [-0.4, -0.2) is 17.1 Å². The van der Waals surface area contributed by atoms with Crippen molar-refractivity contribution in [2.75, 3.05) is 10.6 Å². The molecule has 2 N–H and O–H groups in total. The van der Waals surface area contributed by atoms with E-state index in [1.54, 1.807) is 19.9 Å². The molecule has 1 heterocycles. The molecule has 0 radical (unpaired) electrons. The molecular formula is C14H17N3O2. The van der Waals surface area contributed by atoms with E-state index in [9.17, 15) is 4.79 Å². The number of hydrogen-bond acceptors (Lipinski definition) is 4. The predicted molar refractivity (Wildman–Crippen MR) is 74.1 cm³/mol. The molecule has 5 nitrogen and oxygen atoms in total. The monoisotopic (exact) mass is 259 g/mol. The summed E-state index contributed by atoms with van der Waals surface area (Å²) in [4.78, 5) is 11.9. The van der Waals surface area contributed by atoms with Gasteiger partial charge >= 0.3 is 0 Å². The standard InChI is InChI=1S/C14H17N3O2/c1-9-4-6-12(7-5-9)15-11(3)14(18)16-13-8-10(2)19-17-13/h4-8,11,15H,1-3H3,(H,16,17,18)/t11-/m1/s1. The van der Waals surface area contributed by atoms with E-state index in [-0.39, 0.29) is 11.9 Å². The first-order chi connectivity index (χ1) is 9.04. The Kier molecular flexibility index (Phi) is 3.85. The van der Waals surface area contributed by atoms with Crippen molar-refractivity contribution in [2.24, 2.45) is 0 Å². The highest BCUT2D eigenvalue weighted by atomic mass is 16.5. The maximum atomic E-state index is 11.9. The van der Waals surface area contributed by atoms with E-state index in [1.165, 1.54) is 5.56 Å². The molecule has 1 aromatic heterocycles. The molecule has 0 spiro atoms. The molecule has 5 heteroatoms. The van der Waals surface area contributed by atoms with Gasteiger partial charge in [-0.1, -0.05) is 22.9 Å². The number of aromatic nitrogens is 1. The van der Waals surface area contributed by atoms with Crippen LogP contribution in [0.15, 0.2) is 34.9 Å². The third kappa shape index (κ3) is 3.58. The molecule has 2 rings (SSSR count). The second-order valence-electron chi connectivity index (χ2n) is 4.54. The van der Waals surface area contributed by atoms with Gasteiger partial charge in [0.05, 0.1) is 0 Å². The van der Waals surface area contributed by atoms with Crippen molar-refractivity contribution in [3.8, 4) is 0 Å². The zero-order valence-electron chi connectivity index (χ0n) is 11.2. The first kappa shape index (κ1) is 13.1. The Balaban J connectivity index is 1.94. The molecule has 0 fully saturated rings. The summed E-state index contributed by atoms with van der Waals surface area (Å²) in [6, 6.07) is 9.19. The zero-order valence-corrected chi connectivity index (χ0v) is 11.2. The summed E-state index contributed by atoms with van der Waals surface area (Å²) in [7, 11) is 0. The Hall–Kier alpha value is -2.30. The van der Waals surface area contributed by atoms with E-state index < -0.39 is 0 Å². The highest BCUT2D eigenvalue weighted by molar-refractivity contribution is 5.95. The second-order valence-corrected chi connectivity index (χ2v) is 4.54. The lowest BCUT2D eigenvalue weighted by atomic mass is 10.2. The Morgan fingerprint density at radius 2 is 1.95 bits per heavy atom. The van der Waals surface area contributed by atoms with Gasteiger partial charge in [0.2, 0.25) is 5.91 Å². The molecule has 19 heavy (non-hydrogen) atoms. The van der Waals surface area contributed by atoms with E-state index in [1.807, 2.05) is 31.2 Å². The molecule has 100 valence electrons. The number of aryl methyl sites for hydroxylation is 2. The van der Waals surface area contributed by atoms with E-state index in [0.29, 0.717) is 11.6 Å². The van der Waals surface area contributed by atoms with Crippen molar-refractivity contribution < 1.29 is 9.32 Å². The minimum absolute atomic E-state index is 0.158. The number of benzene rings is 1. The van der Waals surface area contributed by atoms with Crippen molar-refractivity contribution in [3.05, 3.63) is 41.7 Å². The minimum Gasteiger partial charge on any atom is -0.374 e. The van der Waals surface area contributed by atoms with Gasteiger partial charge in [-0.25, -0.2) is 0 Å². The topological polar surface area (TPSA) is 67.2 Å². The number of carbonyl (C=O) groups is 1. The molecule has 2 aromatic rings. The lowest BCUT2D eigenvalue weighted by Crippen LogP contribution is -2.31. The van der Waals surface area contributed by atoms with Crippen LogP contribution in [0.4, 0.5) is 11.5 Å².